The molecular weight excluding hydrogens is 258 g/mol. The molecule has 3 nitrogen and oxygen atoms in total. The van der Waals surface area contributed by atoms with Gasteiger partial charge < -0.3 is 10.1 Å². The molecule has 4 heteroatoms. The summed E-state index contributed by atoms with van der Waals surface area (Å²) in [6, 6.07) is 7.50. The van der Waals surface area contributed by atoms with Crippen LogP contribution >= 0.6 is 12.6 Å². The van der Waals surface area contributed by atoms with E-state index in [2.05, 4.69) is 31.8 Å². The molecule has 1 aromatic rings. The van der Waals surface area contributed by atoms with E-state index in [0.717, 1.165) is 6.42 Å². The van der Waals surface area contributed by atoms with E-state index in [1.807, 2.05) is 25.1 Å². The average molecular weight is 279 g/mol. The van der Waals surface area contributed by atoms with Crippen molar-refractivity contribution < 1.29 is 9.53 Å². The summed E-state index contributed by atoms with van der Waals surface area (Å²) in [7, 11) is 0. The molecule has 1 N–H and O–H groups in total. The van der Waals surface area contributed by atoms with Gasteiger partial charge in [-0.15, -0.1) is 12.6 Å². The fraction of sp³-hybridized carbons (Fsp3) is 0.533. The number of nitrogens with one attached hydrogen (secondary N) is 1. The lowest BCUT2D eigenvalue weighted by atomic mass is 9.64. The van der Waals surface area contributed by atoms with Gasteiger partial charge in [-0.3, -0.25) is 4.79 Å². The molecule has 0 spiro atoms. The molecule has 2 unspecified atom stereocenters. The van der Waals surface area contributed by atoms with Crippen LogP contribution in [0.1, 0.15) is 37.6 Å². The van der Waals surface area contributed by atoms with Gasteiger partial charge in [-0.1, -0.05) is 26.0 Å². The first-order chi connectivity index (χ1) is 8.96. The lowest BCUT2D eigenvalue weighted by molar-refractivity contribution is -0.111. The third-order valence-corrected chi connectivity index (χ3v) is 4.39. The monoisotopic (exact) mass is 279 g/mol. The molecule has 1 aliphatic carbocycles. The van der Waals surface area contributed by atoms with Crippen LogP contribution in [0.3, 0.4) is 0 Å². The summed E-state index contributed by atoms with van der Waals surface area (Å²) in [6.45, 7) is 6.98. The van der Waals surface area contributed by atoms with Crippen molar-refractivity contribution >= 4 is 18.5 Å². The Kier molecular flexibility index (Phi) is 4.21. The Morgan fingerprint density at radius 2 is 2.16 bits per heavy atom. The van der Waals surface area contributed by atoms with Gasteiger partial charge in [-0.2, -0.15) is 0 Å². The zero-order chi connectivity index (χ0) is 14.0. The van der Waals surface area contributed by atoms with Gasteiger partial charge in [0.05, 0.1) is 11.7 Å². The molecule has 2 atom stereocenters. The van der Waals surface area contributed by atoms with Crippen LogP contribution in [-0.4, -0.2) is 24.7 Å². The van der Waals surface area contributed by atoms with Crippen molar-refractivity contribution in [2.24, 2.45) is 5.41 Å². The summed E-state index contributed by atoms with van der Waals surface area (Å²) in [5.74, 6) is -0.0568. The summed E-state index contributed by atoms with van der Waals surface area (Å²) in [6.07, 6.45) is 1.11. The third kappa shape index (κ3) is 2.79. The number of carbonyl (C=O) groups is 1. The van der Waals surface area contributed by atoms with E-state index in [1.54, 1.807) is 6.07 Å². The van der Waals surface area contributed by atoms with Crippen LogP contribution < -0.4 is 5.32 Å². The number of carbonyl (C=O) groups excluding carboxylic acids is 1. The van der Waals surface area contributed by atoms with Gasteiger partial charge in [-0.25, -0.2) is 0 Å². The SMILES string of the molecule is CCOC1CC(NC(=O)c2ccccc2S)C1(C)C. The van der Waals surface area contributed by atoms with Crippen LogP contribution in [-0.2, 0) is 4.74 Å². The van der Waals surface area contributed by atoms with Crippen molar-refractivity contribution in [1.82, 2.24) is 5.32 Å². The highest BCUT2D eigenvalue weighted by Crippen LogP contribution is 2.42. The van der Waals surface area contributed by atoms with E-state index in [4.69, 9.17) is 4.74 Å². The highest BCUT2D eigenvalue weighted by atomic mass is 32.1. The zero-order valence-electron chi connectivity index (χ0n) is 11.6. The number of thiol groups is 1. The van der Waals surface area contributed by atoms with Gasteiger partial charge in [-0.05, 0) is 25.5 Å². The standard InChI is InChI=1S/C15H21NO2S/c1-4-18-13-9-12(15(13,2)3)16-14(17)10-7-5-6-8-11(10)19/h5-8,12-13,19H,4,9H2,1-3H3,(H,16,17). The summed E-state index contributed by atoms with van der Waals surface area (Å²) >= 11 is 4.32. The lowest BCUT2D eigenvalue weighted by Gasteiger charge is -2.51. The molecule has 2 rings (SSSR count). The second kappa shape index (κ2) is 5.55. The van der Waals surface area contributed by atoms with Crippen LogP contribution in [0.5, 0.6) is 0 Å². The minimum atomic E-state index is -0.0568. The van der Waals surface area contributed by atoms with E-state index in [-0.39, 0.29) is 23.5 Å². The topological polar surface area (TPSA) is 38.3 Å². The molecule has 1 saturated carbocycles. The first-order valence-electron chi connectivity index (χ1n) is 6.67. The van der Waals surface area contributed by atoms with E-state index in [9.17, 15) is 4.79 Å². The van der Waals surface area contributed by atoms with Gasteiger partial charge in [0, 0.05) is 23.0 Å². The van der Waals surface area contributed by atoms with E-state index >= 15 is 0 Å². The number of hydrogen-bond acceptors (Lipinski definition) is 3. The van der Waals surface area contributed by atoms with Crippen molar-refractivity contribution in [2.45, 2.75) is 44.2 Å². The fourth-order valence-electron chi connectivity index (χ4n) is 2.52. The number of amides is 1. The first-order valence-corrected chi connectivity index (χ1v) is 7.12. The van der Waals surface area contributed by atoms with Gasteiger partial charge in [0.2, 0.25) is 0 Å². The van der Waals surface area contributed by atoms with Crippen molar-refractivity contribution in [3.05, 3.63) is 29.8 Å². The summed E-state index contributed by atoms with van der Waals surface area (Å²) in [5, 5.41) is 3.08. The molecular formula is C15H21NO2S. The Balaban J connectivity index is 2.00. The number of hydrogen-bond donors (Lipinski definition) is 2. The maximum absolute atomic E-state index is 12.2. The largest absolute Gasteiger partial charge is 0.378 e. The van der Waals surface area contributed by atoms with E-state index < -0.39 is 0 Å². The summed E-state index contributed by atoms with van der Waals surface area (Å²) < 4.78 is 5.67. The maximum Gasteiger partial charge on any atom is 0.252 e. The smallest absolute Gasteiger partial charge is 0.252 e. The lowest BCUT2D eigenvalue weighted by Crippen LogP contribution is -2.62. The summed E-state index contributed by atoms with van der Waals surface area (Å²) in [4.78, 5) is 12.9. The maximum atomic E-state index is 12.2. The fourth-order valence-corrected chi connectivity index (χ4v) is 2.78. The van der Waals surface area contributed by atoms with Crippen LogP contribution in [0, 0.1) is 5.41 Å². The normalized spacial score (nSPS) is 24.6. The molecule has 1 aromatic carbocycles. The Bertz CT molecular complexity index is 473. The Labute approximate surface area is 120 Å². The van der Waals surface area contributed by atoms with Gasteiger partial charge in [0.15, 0.2) is 0 Å². The Hall–Kier alpha value is -1.00. The molecule has 19 heavy (non-hydrogen) atoms. The number of benzene rings is 1. The molecule has 0 aliphatic heterocycles. The van der Waals surface area contributed by atoms with Crippen LogP contribution in [0.4, 0.5) is 0 Å². The molecule has 0 aromatic heterocycles. The van der Waals surface area contributed by atoms with Crippen molar-refractivity contribution in [3.8, 4) is 0 Å². The molecule has 0 saturated heterocycles. The molecule has 0 bridgehead atoms. The van der Waals surface area contributed by atoms with Crippen molar-refractivity contribution in [3.63, 3.8) is 0 Å². The molecule has 0 radical (unpaired) electrons. The molecule has 1 fully saturated rings. The number of rotatable bonds is 4. The van der Waals surface area contributed by atoms with Gasteiger partial charge >= 0.3 is 0 Å². The van der Waals surface area contributed by atoms with E-state index in [1.165, 1.54) is 0 Å². The minimum absolute atomic E-state index is 0.0167. The van der Waals surface area contributed by atoms with Crippen molar-refractivity contribution in [1.29, 1.82) is 0 Å². The first kappa shape index (κ1) is 14.4. The quantitative estimate of drug-likeness (QED) is 0.832. The van der Waals surface area contributed by atoms with Crippen LogP contribution in [0.15, 0.2) is 29.2 Å². The highest BCUT2D eigenvalue weighted by Gasteiger charge is 2.49. The zero-order valence-corrected chi connectivity index (χ0v) is 12.5. The van der Waals surface area contributed by atoms with Crippen LogP contribution in [0.25, 0.3) is 0 Å². The van der Waals surface area contributed by atoms with E-state index in [0.29, 0.717) is 17.1 Å². The predicted molar refractivity (Wildman–Crippen MR) is 78.8 cm³/mol. The molecule has 104 valence electrons. The molecule has 0 heterocycles. The second-order valence-corrected chi connectivity index (χ2v) is 6.03. The average Bonchev–Trinajstić information content (AvgIpc) is 2.38. The predicted octanol–water partition coefficient (Wildman–Crippen LogP) is 2.91. The third-order valence-electron chi connectivity index (χ3n) is 4.00. The summed E-state index contributed by atoms with van der Waals surface area (Å²) in [5.41, 5.74) is 0.610. The van der Waals surface area contributed by atoms with Crippen LogP contribution in [0.2, 0.25) is 0 Å². The van der Waals surface area contributed by atoms with Crippen molar-refractivity contribution in [2.75, 3.05) is 6.61 Å². The van der Waals surface area contributed by atoms with Gasteiger partial charge in [0.25, 0.3) is 5.91 Å². The second-order valence-electron chi connectivity index (χ2n) is 5.54. The minimum Gasteiger partial charge on any atom is -0.378 e. The van der Waals surface area contributed by atoms with Gasteiger partial charge in [0.1, 0.15) is 0 Å². The Morgan fingerprint density at radius 3 is 2.74 bits per heavy atom. The highest BCUT2D eigenvalue weighted by molar-refractivity contribution is 7.80. The Morgan fingerprint density at radius 1 is 1.47 bits per heavy atom. The number of ether oxygens (including phenoxy) is 1. The molecule has 1 amide bonds. The molecule has 1 aliphatic rings.